The van der Waals surface area contributed by atoms with Gasteiger partial charge in [-0.15, -0.1) is 23.5 Å². The summed E-state index contributed by atoms with van der Waals surface area (Å²) in [5.41, 5.74) is -1.01. The van der Waals surface area contributed by atoms with Crippen molar-refractivity contribution >= 4 is 93.4 Å². The van der Waals surface area contributed by atoms with Gasteiger partial charge in [0.25, 0.3) is 0 Å². The SMILES string of the molecule is CC.CC.O=C(O)CSc1ccc(C(=O)c2[nH]c(Cl)c(Cl)c2-n2c(C(=O)c3ccc(SCC(=O)O)cc3O)cc(Cl)c2Cl)c(O)c1. The first-order valence-electron chi connectivity index (χ1n) is 13.4. The Morgan fingerprint density at radius 1 is 0.739 bits per heavy atom. The number of phenolic OH excluding ortho intramolecular Hbond substituents is 2. The third-order valence-electron chi connectivity index (χ3n) is 5.61. The molecule has 0 aliphatic carbocycles. The minimum absolute atomic E-state index is 0.0948. The van der Waals surface area contributed by atoms with E-state index < -0.39 is 35.0 Å². The number of ketones is 2. The molecule has 0 aliphatic heterocycles. The largest absolute Gasteiger partial charge is 0.507 e. The zero-order valence-electron chi connectivity index (χ0n) is 24.7. The van der Waals surface area contributed by atoms with Gasteiger partial charge in [0.1, 0.15) is 32.5 Å². The number of hydrogen-bond acceptors (Lipinski definition) is 8. The van der Waals surface area contributed by atoms with E-state index in [0.717, 1.165) is 28.1 Å². The minimum Gasteiger partial charge on any atom is -0.507 e. The van der Waals surface area contributed by atoms with Gasteiger partial charge in [0.05, 0.1) is 39.0 Å². The fourth-order valence-electron chi connectivity index (χ4n) is 3.80. The Morgan fingerprint density at radius 3 is 1.63 bits per heavy atom. The normalized spacial score (nSPS) is 10.3. The number of aromatic nitrogens is 2. The molecule has 0 unspecified atom stereocenters. The minimum atomic E-state index is -1.06. The van der Waals surface area contributed by atoms with Crippen LogP contribution in [0.2, 0.25) is 20.4 Å². The van der Waals surface area contributed by atoms with E-state index in [4.69, 9.17) is 56.6 Å². The molecule has 0 amide bonds. The van der Waals surface area contributed by atoms with Gasteiger partial charge in [0, 0.05) is 9.79 Å². The first kappa shape index (κ1) is 38.9. The van der Waals surface area contributed by atoms with E-state index in [2.05, 4.69) is 4.98 Å². The van der Waals surface area contributed by atoms with Crippen molar-refractivity contribution < 1.29 is 39.6 Å². The van der Waals surface area contributed by atoms with Crippen LogP contribution in [0.1, 0.15) is 59.8 Å². The van der Waals surface area contributed by atoms with Gasteiger partial charge >= 0.3 is 11.9 Å². The van der Waals surface area contributed by atoms with Crippen LogP contribution in [0.25, 0.3) is 5.69 Å². The number of carbonyl (C=O) groups is 4. The molecule has 16 heteroatoms. The third-order valence-corrected chi connectivity index (χ3v) is 9.07. The lowest BCUT2D eigenvalue weighted by Crippen LogP contribution is -2.13. The number of thioether (sulfide) groups is 2. The highest BCUT2D eigenvalue weighted by atomic mass is 35.5. The number of hydrogen-bond donors (Lipinski definition) is 5. The fraction of sp³-hybridized carbons (Fsp3) is 0.200. The van der Waals surface area contributed by atoms with E-state index in [0.29, 0.717) is 9.79 Å². The van der Waals surface area contributed by atoms with Crippen LogP contribution in [0.15, 0.2) is 52.3 Å². The molecule has 5 N–H and O–H groups in total. The summed E-state index contributed by atoms with van der Waals surface area (Å²) >= 11 is 27.3. The zero-order chi connectivity index (χ0) is 34.9. The molecular formula is C30H28Cl4N2O8S2. The van der Waals surface area contributed by atoms with Crippen LogP contribution in [-0.2, 0) is 9.59 Å². The molecule has 2 aromatic carbocycles. The lowest BCUT2D eigenvalue weighted by molar-refractivity contribution is -0.134. The number of nitrogens with one attached hydrogen (secondary N) is 1. The van der Waals surface area contributed by atoms with E-state index in [1.54, 1.807) is 0 Å². The number of carboxylic acids is 2. The topological polar surface area (TPSA) is 170 Å². The predicted octanol–water partition coefficient (Wildman–Crippen LogP) is 8.70. The molecule has 4 aromatic rings. The number of nitrogens with zero attached hydrogens (tertiary/aromatic N) is 1. The van der Waals surface area contributed by atoms with Gasteiger partial charge in [-0.05, 0) is 42.5 Å². The summed E-state index contributed by atoms with van der Waals surface area (Å²) in [7, 11) is 0. The lowest BCUT2D eigenvalue weighted by atomic mass is 10.1. The van der Waals surface area contributed by atoms with Gasteiger partial charge in [-0.25, -0.2) is 0 Å². The first-order chi connectivity index (χ1) is 21.8. The van der Waals surface area contributed by atoms with Crippen molar-refractivity contribution in [3.8, 4) is 17.2 Å². The van der Waals surface area contributed by atoms with Gasteiger partial charge < -0.3 is 25.4 Å². The van der Waals surface area contributed by atoms with Gasteiger partial charge in [0.15, 0.2) is 0 Å². The Labute approximate surface area is 292 Å². The average Bonchev–Trinajstić information content (AvgIpc) is 3.49. The molecule has 10 nitrogen and oxygen atoms in total. The number of carboxylic acid groups (broad SMARTS) is 2. The van der Waals surface area contributed by atoms with E-state index in [1.807, 2.05) is 27.7 Å². The molecule has 0 saturated heterocycles. The lowest BCUT2D eigenvalue weighted by Gasteiger charge is -2.13. The van der Waals surface area contributed by atoms with Crippen LogP contribution >= 0.6 is 69.9 Å². The van der Waals surface area contributed by atoms with Gasteiger partial charge in [-0.2, -0.15) is 0 Å². The summed E-state index contributed by atoms with van der Waals surface area (Å²) in [6.07, 6.45) is 0. The van der Waals surface area contributed by atoms with E-state index in [-0.39, 0.29) is 60.1 Å². The number of aliphatic carboxylic acids is 2. The summed E-state index contributed by atoms with van der Waals surface area (Å²) in [5.74, 6) is -5.12. The molecule has 0 bridgehead atoms. The van der Waals surface area contributed by atoms with Crippen LogP contribution in [0.3, 0.4) is 0 Å². The molecular weight excluding hydrogens is 722 g/mol. The molecule has 2 aromatic heterocycles. The Kier molecular flexibility index (Phi) is 14.9. The second-order valence-corrected chi connectivity index (χ2v) is 12.0. The molecule has 0 atom stereocenters. The maximum Gasteiger partial charge on any atom is 0.313 e. The van der Waals surface area contributed by atoms with Crippen molar-refractivity contribution in [1.82, 2.24) is 9.55 Å². The molecule has 0 aliphatic rings. The standard InChI is InChI=1S/C26H16Cl4N2O8S2.2C2H6/c27-14-7-15(23(39)12-3-1-10(5-16(12)33)41-8-18(35)36)32(26(14)30)22-20(28)25(29)31-21(22)24(40)13-4-2-11(6-17(13)34)42-9-19(37)38;2*1-2/h1-7,31,33-34H,8-9H2,(H,35,36)(H,37,38);2*1-2H3. The Morgan fingerprint density at radius 2 is 1.20 bits per heavy atom. The highest BCUT2D eigenvalue weighted by Gasteiger charge is 2.31. The number of benzene rings is 2. The summed E-state index contributed by atoms with van der Waals surface area (Å²) in [6.45, 7) is 8.00. The van der Waals surface area contributed by atoms with Crippen molar-refractivity contribution in [3.63, 3.8) is 0 Å². The number of carbonyl (C=O) groups excluding carboxylic acids is 2. The molecule has 246 valence electrons. The predicted molar refractivity (Wildman–Crippen MR) is 183 cm³/mol. The summed E-state index contributed by atoms with van der Waals surface area (Å²) < 4.78 is 1.07. The van der Waals surface area contributed by atoms with Crippen LogP contribution in [0, 0.1) is 0 Å². The molecule has 0 radical (unpaired) electrons. The fourth-order valence-corrected chi connectivity index (χ4v) is 5.93. The van der Waals surface area contributed by atoms with Crippen LogP contribution in [0.5, 0.6) is 11.5 Å². The highest BCUT2D eigenvalue weighted by molar-refractivity contribution is 8.00. The maximum absolute atomic E-state index is 13.6. The summed E-state index contributed by atoms with van der Waals surface area (Å²) in [6, 6.07) is 9.13. The van der Waals surface area contributed by atoms with Gasteiger partial charge in [-0.3, -0.25) is 23.7 Å². The number of phenols is 2. The van der Waals surface area contributed by atoms with Crippen molar-refractivity contribution in [2.45, 2.75) is 37.5 Å². The van der Waals surface area contributed by atoms with E-state index in [9.17, 15) is 29.4 Å². The number of H-pyrrole nitrogens is 1. The van der Waals surface area contributed by atoms with Crippen LogP contribution in [0.4, 0.5) is 0 Å². The molecule has 0 fully saturated rings. The molecule has 0 spiro atoms. The Balaban J connectivity index is 0.00000177. The highest BCUT2D eigenvalue weighted by Crippen LogP contribution is 2.41. The molecule has 2 heterocycles. The smallest absolute Gasteiger partial charge is 0.313 e. The summed E-state index contributed by atoms with van der Waals surface area (Å²) in [4.78, 5) is 52.4. The molecule has 4 rings (SSSR count). The van der Waals surface area contributed by atoms with Crippen LogP contribution < -0.4 is 0 Å². The first-order valence-corrected chi connectivity index (χ1v) is 16.9. The number of rotatable bonds is 11. The number of aromatic amines is 1. The number of halogens is 4. The van der Waals surface area contributed by atoms with Gasteiger partial charge in [0.2, 0.25) is 11.6 Å². The van der Waals surface area contributed by atoms with Crippen molar-refractivity contribution in [2.75, 3.05) is 11.5 Å². The average molecular weight is 751 g/mol. The maximum atomic E-state index is 13.6. The summed E-state index contributed by atoms with van der Waals surface area (Å²) in [5, 5.41) is 38.2. The quantitative estimate of drug-likeness (QED) is 0.0738. The van der Waals surface area contributed by atoms with E-state index >= 15 is 0 Å². The third kappa shape index (κ3) is 8.96. The van der Waals surface area contributed by atoms with Crippen molar-refractivity contribution in [2.24, 2.45) is 0 Å². The zero-order valence-corrected chi connectivity index (χ0v) is 29.3. The second kappa shape index (κ2) is 17.6. The monoisotopic (exact) mass is 748 g/mol. The van der Waals surface area contributed by atoms with Gasteiger partial charge in [-0.1, -0.05) is 74.1 Å². The van der Waals surface area contributed by atoms with Crippen molar-refractivity contribution in [3.05, 3.63) is 85.3 Å². The Bertz CT molecular complexity index is 1640. The number of aromatic hydroxyl groups is 2. The van der Waals surface area contributed by atoms with Crippen LogP contribution in [-0.4, -0.2) is 65.0 Å². The molecule has 46 heavy (non-hydrogen) atoms. The van der Waals surface area contributed by atoms with Crippen molar-refractivity contribution in [1.29, 1.82) is 0 Å². The Hall–Kier alpha value is -3.26. The van der Waals surface area contributed by atoms with E-state index in [1.165, 1.54) is 42.5 Å². The second-order valence-electron chi connectivity index (χ2n) is 8.36. The molecule has 0 saturated carbocycles.